The first kappa shape index (κ1) is 15.3. The van der Waals surface area contributed by atoms with Gasteiger partial charge in [0.05, 0.1) is 6.20 Å². The number of aryl methyl sites for hydroxylation is 1. The molecule has 0 aliphatic heterocycles. The highest BCUT2D eigenvalue weighted by Gasteiger charge is 2.23. The maximum absolute atomic E-state index is 12.3. The number of H-pyrrole nitrogens is 1. The second kappa shape index (κ2) is 5.73. The summed E-state index contributed by atoms with van der Waals surface area (Å²) in [5, 5.41) is 0.997. The lowest BCUT2D eigenvalue weighted by Crippen LogP contribution is -2.26. The molecule has 0 unspecified atom stereocenters. The number of benzene rings is 1. The van der Waals surface area contributed by atoms with Gasteiger partial charge in [-0.15, -0.1) is 0 Å². The first-order chi connectivity index (χ1) is 9.29. The number of nitrogens with one attached hydrogen (secondary N) is 1. The number of halogens is 2. The Labute approximate surface area is 127 Å². The third kappa shape index (κ3) is 3.32. The Bertz CT molecular complexity index is 708. The average molecular weight is 334 g/mol. The molecule has 0 aliphatic rings. The van der Waals surface area contributed by atoms with Crippen LogP contribution < -0.4 is 0 Å². The van der Waals surface area contributed by atoms with Crippen LogP contribution in [0.4, 0.5) is 0 Å². The van der Waals surface area contributed by atoms with Gasteiger partial charge in [-0.1, -0.05) is 23.2 Å². The van der Waals surface area contributed by atoms with Crippen LogP contribution in [0, 0.1) is 6.92 Å². The van der Waals surface area contributed by atoms with E-state index in [-0.39, 0.29) is 11.6 Å². The Hall–Kier alpha value is -1.08. The van der Waals surface area contributed by atoms with Crippen molar-refractivity contribution in [2.75, 3.05) is 7.05 Å². The summed E-state index contributed by atoms with van der Waals surface area (Å²) >= 11 is 11.8. The summed E-state index contributed by atoms with van der Waals surface area (Å²) in [6.45, 7) is 1.86. The van der Waals surface area contributed by atoms with Crippen molar-refractivity contribution in [1.29, 1.82) is 0 Å². The first-order valence-electron chi connectivity index (χ1n) is 5.72. The zero-order chi connectivity index (χ0) is 14.9. The number of aromatic amines is 1. The van der Waals surface area contributed by atoms with Gasteiger partial charge in [-0.05, 0) is 30.7 Å². The SMILES string of the molecule is Cc1ncc(S(=O)(=O)N(C)Cc2cc(Cl)cc(Cl)c2)[nH]1. The highest BCUT2D eigenvalue weighted by atomic mass is 35.5. The van der Waals surface area contributed by atoms with Crippen molar-refractivity contribution in [2.45, 2.75) is 18.5 Å². The summed E-state index contributed by atoms with van der Waals surface area (Å²) in [5.41, 5.74) is 0.713. The number of aromatic nitrogens is 2. The van der Waals surface area contributed by atoms with Crippen molar-refractivity contribution >= 4 is 33.2 Å². The van der Waals surface area contributed by atoms with Crippen molar-refractivity contribution in [3.05, 3.63) is 45.8 Å². The molecule has 0 saturated carbocycles. The summed E-state index contributed by atoms with van der Waals surface area (Å²) in [5.74, 6) is 0.544. The van der Waals surface area contributed by atoms with Gasteiger partial charge in [-0.2, -0.15) is 4.31 Å². The topological polar surface area (TPSA) is 66.1 Å². The van der Waals surface area contributed by atoms with Gasteiger partial charge in [0.25, 0.3) is 10.0 Å². The second-order valence-corrected chi connectivity index (χ2v) is 7.26. The summed E-state index contributed by atoms with van der Waals surface area (Å²) in [7, 11) is -2.13. The van der Waals surface area contributed by atoms with Gasteiger partial charge in [0, 0.05) is 23.6 Å². The molecule has 1 heterocycles. The van der Waals surface area contributed by atoms with E-state index in [1.807, 2.05) is 0 Å². The Kier molecular flexibility index (Phi) is 4.39. The van der Waals surface area contributed by atoms with Crippen molar-refractivity contribution in [3.63, 3.8) is 0 Å². The van der Waals surface area contributed by atoms with Crippen LogP contribution in [0.3, 0.4) is 0 Å². The molecule has 5 nitrogen and oxygen atoms in total. The molecule has 0 bridgehead atoms. The van der Waals surface area contributed by atoms with Crippen molar-refractivity contribution in [2.24, 2.45) is 0 Å². The molecule has 0 amide bonds. The van der Waals surface area contributed by atoms with Gasteiger partial charge in [-0.25, -0.2) is 13.4 Å². The van der Waals surface area contributed by atoms with Crippen molar-refractivity contribution in [3.8, 4) is 0 Å². The standard InChI is InChI=1S/C12H13Cl2N3O2S/c1-8-15-6-12(16-8)20(18,19)17(2)7-9-3-10(13)5-11(14)4-9/h3-6H,7H2,1-2H3,(H,15,16). The fraction of sp³-hybridized carbons (Fsp3) is 0.250. The van der Waals surface area contributed by atoms with E-state index in [9.17, 15) is 8.42 Å². The van der Waals surface area contributed by atoms with E-state index in [1.165, 1.54) is 17.5 Å². The van der Waals surface area contributed by atoms with Crippen LogP contribution >= 0.6 is 23.2 Å². The molecule has 2 rings (SSSR count). The normalized spacial score (nSPS) is 12.1. The fourth-order valence-corrected chi connectivity index (χ4v) is 3.43. The quantitative estimate of drug-likeness (QED) is 0.935. The smallest absolute Gasteiger partial charge is 0.260 e. The third-order valence-corrected chi connectivity index (χ3v) is 4.84. The average Bonchev–Trinajstić information content (AvgIpc) is 2.75. The van der Waals surface area contributed by atoms with Gasteiger partial charge in [-0.3, -0.25) is 0 Å². The van der Waals surface area contributed by atoms with Crippen LogP contribution in [0.25, 0.3) is 0 Å². The number of imidazole rings is 1. The van der Waals surface area contributed by atoms with Gasteiger partial charge in [0.15, 0.2) is 5.03 Å². The molecular weight excluding hydrogens is 321 g/mol. The Balaban J connectivity index is 2.25. The third-order valence-electron chi connectivity index (χ3n) is 2.70. The highest BCUT2D eigenvalue weighted by molar-refractivity contribution is 7.89. The predicted molar refractivity (Wildman–Crippen MR) is 78.4 cm³/mol. The number of hydrogen-bond donors (Lipinski definition) is 1. The Morgan fingerprint density at radius 1 is 1.25 bits per heavy atom. The Morgan fingerprint density at radius 3 is 2.35 bits per heavy atom. The van der Waals surface area contributed by atoms with Gasteiger partial charge in [0.2, 0.25) is 0 Å². The predicted octanol–water partition coefficient (Wildman–Crippen LogP) is 2.85. The fourth-order valence-electron chi connectivity index (χ4n) is 1.74. The van der Waals surface area contributed by atoms with E-state index in [1.54, 1.807) is 25.1 Å². The molecule has 0 fully saturated rings. The maximum atomic E-state index is 12.3. The molecule has 8 heteroatoms. The summed E-state index contributed by atoms with van der Waals surface area (Å²) < 4.78 is 25.8. The number of sulfonamides is 1. The lowest BCUT2D eigenvalue weighted by Gasteiger charge is -2.16. The molecule has 2 aromatic rings. The Morgan fingerprint density at radius 2 is 1.85 bits per heavy atom. The maximum Gasteiger partial charge on any atom is 0.260 e. The van der Waals surface area contributed by atoms with Crippen LogP contribution in [0.5, 0.6) is 0 Å². The summed E-state index contributed by atoms with van der Waals surface area (Å²) in [6.07, 6.45) is 1.30. The van der Waals surface area contributed by atoms with Gasteiger partial charge >= 0.3 is 0 Å². The minimum Gasteiger partial charge on any atom is -0.332 e. The summed E-state index contributed by atoms with van der Waals surface area (Å²) in [4.78, 5) is 6.61. The van der Waals surface area contributed by atoms with E-state index in [4.69, 9.17) is 23.2 Å². The van der Waals surface area contributed by atoms with E-state index < -0.39 is 10.0 Å². The molecular formula is C12H13Cl2N3O2S. The lowest BCUT2D eigenvalue weighted by atomic mass is 10.2. The molecule has 108 valence electrons. The van der Waals surface area contributed by atoms with Crippen molar-refractivity contribution in [1.82, 2.24) is 14.3 Å². The zero-order valence-electron chi connectivity index (χ0n) is 10.9. The molecule has 20 heavy (non-hydrogen) atoms. The lowest BCUT2D eigenvalue weighted by molar-refractivity contribution is 0.464. The van der Waals surface area contributed by atoms with Crippen LogP contribution in [-0.4, -0.2) is 29.7 Å². The minimum absolute atomic E-state index is 0.0608. The molecule has 0 atom stereocenters. The molecule has 0 saturated heterocycles. The highest BCUT2D eigenvalue weighted by Crippen LogP contribution is 2.21. The first-order valence-corrected chi connectivity index (χ1v) is 7.91. The number of nitrogens with zero attached hydrogens (tertiary/aromatic N) is 2. The van der Waals surface area contributed by atoms with Crippen molar-refractivity contribution < 1.29 is 8.42 Å². The van der Waals surface area contributed by atoms with Crippen LogP contribution in [0.15, 0.2) is 29.4 Å². The van der Waals surface area contributed by atoms with Crippen LogP contribution in [0.1, 0.15) is 11.4 Å². The van der Waals surface area contributed by atoms with E-state index in [0.29, 0.717) is 21.4 Å². The largest absolute Gasteiger partial charge is 0.332 e. The molecule has 1 N–H and O–H groups in total. The molecule has 1 aromatic heterocycles. The molecule has 0 aliphatic carbocycles. The molecule has 1 aromatic carbocycles. The van der Waals surface area contributed by atoms with E-state index >= 15 is 0 Å². The van der Waals surface area contributed by atoms with Gasteiger partial charge < -0.3 is 4.98 Å². The minimum atomic E-state index is -3.61. The van der Waals surface area contributed by atoms with Crippen LogP contribution in [0.2, 0.25) is 10.0 Å². The summed E-state index contributed by atoms with van der Waals surface area (Å²) in [6, 6.07) is 4.95. The van der Waals surface area contributed by atoms with Gasteiger partial charge in [0.1, 0.15) is 5.82 Å². The van der Waals surface area contributed by atoms with Crippen LogP contribution in [-0.2, 0) is 16.6 Å². The second-order valence-electron chi connectivity index (χ2n) is 4.37. The number of hydrogen-bond acceptors (Lipinski definition) is 3. The number of rotatable bonds is 4. The monoisotopic (exact) mass is 333 g/mol. The molecule has 0 spiro atoms. The molecule has 0 radical (unpaired) electrons. The zero-order valence-corrected chi connectivity index (χ0v) is 13.2. The van der Waals surface area contributed by atoms with E-state index in [2.05, 4.69) is 9.97 Å². The van der Waals surface area contributed by atoms with E-state index in [0.717, 1.165) is 0 Å².